The molecular formula is C13H26N2. The van der Waals surface area contributed by atoms with Crippen LogP contribution in [0.4, 0.5) is 0 Å². The monoisotopic (exact) mass is 210 g/mol. The summed E-state index contributed by atoms with van der Waals surface area (Å²) in [4.78, 5) is 2.75. The van der Waals surface area contributed by atoms with Crippen LogP contribution in [0.15, 0.2) is 0 Å². The highest BCUT2D eigenvalue weighted by Crippen LogP contribution is 2.30. The van der Waals surface area contributed by atoms with Gasteiger partial charge in [-0.2, -0.15) is 0 Å². The van der Waals surface area contributed by atoms with Crippen molar-refractivity contribution in [3.63, 3.8) is 0 Å². The molecule has 1 aliphatic carbocycles. The van der Waals surface area contributed by atoms with Gasteiger partial charge < -0.3 is 5.73 Å². The van der Waals surface area contributed by atoms with Crippen LogP contribution in [0, 0.1) is 5.92 Å². The number of likely N-dealkylation sites (tertiary alicyclic amines) is 1. The molecule has 0 amide bonds. The Hall–Kier alpha value is -0.0800. The molecule has 2 N–H and O–H groups in total. The van der Waals surface area contributed by atoms with Gasteiger partial charge in [-0.05, 0) is 38.6 Å². The molecule has 0 aromatic rings. The Balaban J connectivity index is 1.91. The third-order valence-electron chi connectivity index (χ3n) is 4.34. The maximum Gasteiger partial charge on any atom is 0.00982 e. The lowest BCUT2D eigenvalue weighted by Crippen LogP contribution is -2.37. The zero-order valence-corrected chi connectivity index (χ0v) is 10.1. The van der Waals surface area contributed by atoms with Gasteiger partial charge in [-0.25, -0.2) is 0 Å². The summed E-state index contributed by atoms with van der Waals surface area (Å²) in [5.41, 5.74) is 5.79. The van der Waals surface area contributed by atoms with Gasteiger partial charge in [-0.1, -0.05) is 25.7 Å². The third-order valence-corrected chi connectivity index (χ3v) is 4.34. The van der Waals surface area contributed by atoms with E-state index in [1.54, 1.807) is 0 Å². The van der Waals surface area contributed by atoms with Crippen LogP contribution >= 0.6 is 0 Å². The van der Waals surface area contributed by atoms with Gasteiger partial charge in [-0.3, -0.25) is 4.90 Å². The predicted octanol–water partition coefficient (Wildman–Crippen LogP) is 2.38. The van der Waals surface area contributed by atoms with Crippen molar-refractivity contribution in [3.8, 4) is 0 Å². The Bertz CT molecular complexity index is 185. The Labute approximate surface area is 94.2 Å². The van der Waals surface area contributed by atoms with Crippen molar-refractivity contribution in [1.29, 1.82) is 0 Å². The van der Waals surface area contributed by atoms with Crippen LogP contribution in [0.2, 0.25) is 0 Å². The van der Waals surface area contributed by atoms with Crippen LogP contribution in [-0.2, 0) is 0 Å². The summed E-state index contributed by atoms with van der Waals surface area (Å²) in [6, 6.07) is 1.65. The van der Waals surface area contributed by atoms with E-state index in [2.05, 4.69) is 11.8 Å². The molecule has 1 heterocycles. The fraction of sp³-hybridized carbons (Fsp3) is 1.00. The molecule has 2 nitrogen and oxygen atoms in total. The normalized spacial score (nSPS) is 35.6. The van der Waals surface area contributed by atoms with Gasteiger partial charge >= 0.3 is 0 Å². The molecule has 0 spiro atoms. The maximum absolute atomic E-state index is 5.79. The molecule has 2 unspecified atom stereocenters. The van der Waals surface area contributed by atoms with Gasteiger partial charge in [0.2, 0.25) is 0 Å². The summed E-state index contributed by atoms with van der Waals surface area (Å²) in [6.45, 7) is 4.54. The molecule has 0 aromatic heterocycles. The van der Waals surface area contributed by atoms with Crippen molar-refractivity contribution in [3.05, 3.63) is 0 Å². The SMILES string of the molecule is CC1CC(CN)CN1C1CCCCCC1. The Morgan fingerprint density at radius 2 is 1.80 bits per heavy atom. The first-order chi connectivity index (χ1) is 7.31. The number of nitrogens with zero attached hydrogens (tertiary/aromatic N) is 1. The zero-order valence-electron chi connectivity index (χ0n) is 10.1. The lowest BCUT2D eigenvalue weighted by atomic mass is 10.1. The fourth-order valence-corrected chi connectivity index (χ4v) is 3.44. The van der Waals surface area contributed by atoms with Crippen molar-refractivity contribution in [1.82, 2.24) is 4.90 Å². The van der Waals surface area contributed by atoms with Gasteiger partial charge in [0.05, 0.1) is 0 Å². The van der Waals surface area contributed by atoms with Gasteiger partial charge in [0, 0.05) is 18.6 Å². The van der Waals surface area contributed by atoms with E-state index >= 15 is 0 Å². The summed E-state index contributed by atoms with van der Waals surface area (Å²) in [6.07, 6.45) is 10.00. The minimum absolute atomic E-state index is 0.767. The van der Waals surface area contributed by atoms with E-state index in [1.165, 1.54) is 51.5 Å². The van der Waals surface area contributed by atoms with E-state index in [-0.39, 0.29) is 0 Å². The molecule has 2 atom stereocenters. The Morgan fingerprint density at radius 3 is 2.33 bits per heavy atom. The van der Waals surface area contributed by atoms with Crippen LogP contribution in [0.3, 0.4) is 0 Å². The van der Waals surface area contributed by atoms with E-state index < -0.39 is 0 Å². The summed E-state index contributed by atoms with van der Waals surface area (Å²) in [7, 11) is 0. The van der Waals surface area contributed by atoms with Crippen LogP contribution in [0.5, 0.6) is 0 Å². The standard InChI is InChI=1S/C13H26N2/c1-11-8-12(9-14)10-15(11)13-6-4-2-3-5-7-13/h11-13H,2-10,14H2,1H3. The van der Waals surface area contributed by atoms with Crippen molar-refractivity contribution in [2.75, 3.05) is 13.1 Å². The van der Waals surface area contributed by atoms with Crippen LogP contribution in [-0.4, -0.2) is 30.1 Å². The molecule has 2 aliphatic rings. The first kappa shape index (κ1) is 11.4. The maximum atomic E-state index is 5.79. The molecule has 1 aliphatic heterocycles. The molecule has 1 saturated carbocycles. The molecule has 2 heteroatoms. The molecule has 88 valence electrons. The van der Waals surface area contributed by atoms with E-state index in [0.29, 0.717) is 0 Å². The number of hydrogen-bond donors (Lipinski definition) is 1. The van der Waals surface area contributed by atoms with Crippen LogP contribution in [0.25, 0.3) is 0 Å². The highest BCUT2D eigenvalue weighted by Gasteiger charge is 2.32. The van der Waals surface area contributed by atoms with Crippen LogP contribution in [0.1, 0.15) is 51.9 Å². The van der Waals surface area contributed by atoms with E-state index in [4.69, 9.17) is 5.73 Å². The van der Waals surface area contributed by atoms with E-state index in [0.717, 1.165) is 24.5 Å². The first-order valence-corrected chi connectivity index (χ1v) is 6.77. The average molecular weight is 210 g/mol. The van der Waals surface area contributed by atoms with E-state index in [9.17, 15) is 0 Å². The second-order valence-corrected chi connectivity index (χ2v) is 5.53. The smallest absolute Gasteiger partial charge is 0.00982 e. The molecule has 2 rings (SSSR count). The first-order valence-electron chi connectivity index (χ1n) is 6.77. The number of hydrogen-bond acceptors (Lipinski definition) is 2. The van der Waals surface area contributed by atoms with Crippen molar-refractivity contribution >= 4 is 0 Å². The molecule has 0 aromatic carbocycles. The Kier molecular flexibility index (Phi) is 4.04. The van der Waals surface area contributed by atoms with Gasteiger partial charge in [0.15, 0.2) is 0 Å². The second-order valence-electron chi connectivity index (χ2n) is 5.53. The molecular weight excluding hydrogens is 184 g/mol. The van der Waals surface area contributed by atoms with Gasteiger partial charge in [-0.15, -0.1) is 0 Å². The lowest BCUT2D eigenvalue weighted by molar-refractivity contribution is 0.169. The molecule has 0 radical (unpaired) electrons. The lowest BCUT2D eigenvalue weighted by Gasteiger charge is -2.30. The molecule has 2 fully saturated rings. The van der Waals surface area contributed by atoms with Gasteiger partial charge in [0.1, 0.15) is 0 Å². The molecule has 1 saturated heterocycles. The van der Waals surface area contributed by atoms with Crippen molar-refractivity contribution < 1.29 is 0 Å². The quantitative estimate of drug-likeness (QED) is 0.709. The molecule has 0 bridgehead atoms. The minimum Gasteiger partial charge on any atom is -0.330 e. The van der Waals surface area contributed by atoms with Crippen molar-refractivity contribution in [2.24, 2.45) is 11.7 Å². The summed E-state index contributed by atoms with van der Waals surface area (Å²) < 4.78 is 0. The third kappa shape index (κ3) is 2.73. The number of nitrogens with two attached hydrogens (primary N) is 1. The van der Waals surface area contributed by atoms with Gasteiger partial charge in [0.25, 0.3) is 0 Å². The average Bonchev–Trinajstić information content (AvgIpc) is 2.48. The highest BCUT2D eigenvalue weighted by molar-refractivity contribution is 4.88. The minimum atomic E-state index is 0.767. The second kappa shape index (κ2) is 5.31. The number of rotatable bonds is 2. The predicted molar refractivity (Wildman–Crippen MR) is 64.8 cm³/mol. The highest BCUT2D eigenvalue weighted by atomic mass is 15.2. The fourth-order valence-electron chi connectivity index (χ4n) is 3.44. The molecule has 15 heavy (non-hydrogen) atoms. The summed E-state index contributed by atoms with van der Waals surface area (Å²) in [5, 5.41) is 0. The Morgan fingerprint density at radius 1 is 1.13 bits per heavy atom. The summed E-state index contributed by atoms with van der Waals surface area (Å²) >= 11 is 0. The zero-order chi connectivity index (χ0) is 10.7. The summed E-state index contributed by atoms with van der Waals surface area (Å²) in [5.74, 6) is 0.767. The van der Waals surface area contributed by atoms with E-state index in [1.807, 2.05) is 0 Å². The topological polar surface area (TPSA) is 29.3 Å². The van der Waals surface area contributed by atoms with Crippen molar-refractivity contribution in [2.45, 2.75) is 64.0 Å². The largest absolute Gasteiger partial charge is 0.330 e. The van der Waals surface area contributed by atoms with Crippen LogP contribution < -0.4 is 5.73 Å².